The Morgan fingerprint density at radius 1 is 1.28 bits per heavy atom. The number of phenolic OH excluding ortho intramolecular Hbond substituents is 1. The monoisotopic (exact) mass is 475 g/mol. The number of phenols is 1. The molecule has 8 heteroatoms. The highest BCUT2D eigenvalue weighted by atomic mass is 127. The Bertz CT molecular complexity index is 934. The first-order valence-corrected chi connectivity index (χ1v) is 9.81. The Morgan fingerprint density at radius 2 is 1.92 bits per heavy atom. The number of para-hydroxylation sites is 1. The van der Waals surface area contributed by atoms with Gasteiger partial charge in [-0.1, -0.05) is 19.9 Å². The molecular weight excluding hydrogens is 459 g/mol. The first-order valence-electron chi connectivity index (χ1n) is 7.32. The fraction of sp³-hybridized carbons (Fsp3) is 0.235. The maximum absolute atomic E-state index is 12.5. The molecule has 0 bridgehead atoms. The lowest BCUT2D eigenvalue weighted by Crippen LogP contribution is -2.14. The maximum atomic E-state index is 12.5. The summed E-state index contributed by atoms with van der Waals surface area (Å²) in [7, 11) is -4.66. The molecule has 0 aromatic heterocycles. The number of aromatic hydroxyl groups is 1. The average molecular weight is 475 g/mol. The molecule has 2 aromatic carbocycles. The molecule has 0 aliphatic rings. The van der Waals surface area contributed by atoms with Gasteiger partial charge in [-0.3, -0.25) is 0 Å². The average Bonchev–Trinajstić information content (AvgIpc) is 2.50. The zero-order valence-corrected chi connectivity index (χ0v) is 16.7. The van der Waals surface area contributed by atoms with Crippen molar-refractivity contribution in [3.05, 3.63) is 50.6 Å². The van der Waals surface area contributed by atoms with E-state index in [0.717, 1.165) is 0 Å². The second-order valence-electron chi connectivity index (χ2n) is 5.79. The van der Waals surface area contributed by atoms with Gasteiger partial charge >= 0.3 is 5.97 Å². The van der Waals surface area contributed by atoms with Gasteiger partial charge in [-0.25, -0.2) is 13.2 Å². The lowest BCUT2D eigenvalue weighted by atomic mass is 9.97. The fourth-order valence-corrected chi connectivity index (χ4v) is 3.70. The van der Waals surface area contributed by atoms with Crippen LogP contribution in [-0.4, -0.2) is 24.0 Å². The van der Waals surface area contributed by atoms with Gasteiger partial charge in [0.2, 0.25) is 0 Å². The van der Waals surface area contributed by atoms with Gasteiger partial charge in [0.1, 0.15) is 10.1 Å². The van der Waals surface area contributed by atoms with Crippen molar-refractivity contribution in [1.82, 2.24) is 0 Å². The molecule has 0 amide bonds. The van der Waals surface area contributed by atoms with Crippen molar-refractivity contribution >= 4 is 38.7 Å². The molecule has 6 nitrogen and oxygen atoms in total. The summed E-state index contributed by atoms with van der Waals surface area (Å²) in [5, 5.41) is 9.95. The van der Waals surface area contributed by atoms with Crippen molar-refractivity contribution in [3.8, 4) is 11.5 Å². The molecule has 0 saturated heterocycles. The third-order valence-corrected chi connectivity index (χ3v) is 5.38. The third kappa shape index (κ3) is 4.31. The molecule has 0 atom stereocenters. The van der Waals surface area contributed by atoms with Gasteiger partial charge in [-0.2, -0.15) is 0 Å². The summed E-state index contributed by atoms with van der Waals surface area (Å²) in [6, 6.07) is 7.28. The number of aryl methyl sites for hydroxylation is 1. The molecule has 134 valence electrons. The van der Waals surface area contributed by atoms with Gasteiger partial charge in [0.05, 0.1) is 14.0 Å². The summed E-state index contributed by atoms with van der Waals surface area (Å²) in [5.74, 6) is -1.18. The van der Waals surface area contributed by atoms with E-state index in [2.05, 4.69) is 0 Å². The highest BCUT2D eigenvalue weighted by Crippen LogP contribution is 2.32. The zero-order valence-electron chi connectivity index (χ0n) is 13.7. The summed E-state index contributed by atoms with van der Waals surface area (Å²) in [6.45, 7) is 4.96. The van der Waals surface area contributed by atoms with Crippen molar-refractivity contribution in [2.45, 2.75) is 31.6 Å². The van der Waals surface area contributed by atoms with Crippen molar-refractivity contribution in [2.75, 3.05) is 0 Å². The largest absolute Gasteiger partial charge is 0.744 e. The van der Waals surface area contributed by atoms with Crippen molar-refractivity contribution in [2.24, 2.45) is 0 Å². The second kappa shape index (κ2) is 7.30. The molecule has 0 unspecified atom stereocenters. The number of benzene rings is 2. The van der Waals surface area contributed by atoms with E-state index in [9.17, 15) is 22.9 Å². The minimum Gasteiger partial charge on any atom is -0.744 e. The summed E-state index contributed by atoms with van der Waals surface area (Å²) in [6.07, 6.45) is 0. The van der Waals surface area contributed by atoms with Gasteiger partial charge in [-0.05, 0) is 70.8 Å². The zero-order chi connectivity index (χ0) is 18.9. The Labute approximate surface area is 159 Å². The van der Waals surface area contributed by atoms with E-state index in [1.165, 1.54) is 25.1 Å². The number of esters is 1. The van der Waals surface area contributed by atoms with Crippen LogP contribution in [0.25, 0.3) is 0 Å². The van der Waals surface area contributed by atoms with Gasteiger partial charge in [0.25, 0.3) is 0 Å². The van der Waals surface area contributed by atoms with Gasteiger partial charge in [0.15, 0.2) is 11.5 Å². The van der Waals surface area contributed by atoms with Crippen molar-refractivity contribution < 1.29 is 27.6 Å². The first-order chi connectivity index (χ1) is 11.5. The van der Waals surface area contributed by atoms with Crippen LogP contribution in [-0.2, 0) is 10.1 Å². The quantitative estimate of drug-likeness (QED) is 0.314. The Balaban J connectivity index is 2.50. The minimum atomic E-state index is -4.66. The Hall–Kier alpha value is -1.65. The molecule has 0 fully saturated rings. The Kier molecular flexibility index (Phi) is 5.75. The number of carbonyl (C=O) groups is 1. The summed E-state index contributed by atoms with van der Waals surface area (Å²) in [5.41, 5.74) is 0.683. The highest BCUT2D eigenvalue weighted by Gasteiger charge is 2.20. The number of hydrogen-bond donors (Lipinski definition) is 1. The SMILES string of the molecule is Cc1cc(S(=O)(=O)[O-])c(C(C)C)cc1C(=O)Oc1cccc(I)c1O. The normalized spacial score (nSPS) is 11.6. The predicted molar refractivity (Wildman–Crippen MR) is 99.0 cm³/mol. The van der Waals surface area contributed by atoms with Gasteiger partial charge in [0, 0.05) is 0 Å². The molecule has 0 spiro atoms. The molecule has 0 saturated carbocycles. The molecule has 1 N–H and O–H groups in total. The smallest absolute Gasteiger partial charge is 0.343 e. The summed E-state index contributed by atoms with van der Waals surface area (Å²) < 4.78 is 40.1. The maximum Gasteiger partial charge on any atom is 0.343 e. The fourth-order valence-electron chi connectivity index (χ4n) is 2.32. The van der Waals surface area contributed by atoms with Crippen LogP contribution in [0.1, 0.15) is 41.3 Å². The Morgan fingerprint density at radius 3 is 2.48 bits per heavy atom. The van der Waals surface area contributed by atoms with Crippen LogP contribution in [0.15, 0.2) is 35.2 Å². The number of halogens is 1. The predicted octanol–water partition coefficient (Wildman–Crippen LogP) is 3.55. The molecule has 0 aliphatic heterocycles. The molecular formula is C17H16IO6S-. The highest BCUT2D eigenvalue weighted by molar-refractivity contribution is 14.1. The summed E-state index contributed by atoms with van der Waals surface area (Å²) >= 11 is 1.90. The molecule has 0 aliphatic carbocycles. The van der Waals surface area contributed by atoms with E-state index in [0.29, 0.717) is 9.13 Å². The van der Waals surface area contributed by atoms with E-state index in [1.807, 2.05) is 22.6 Å². The number of rotatable bonds is 4. The molecule has 0 heterocycles. The van der Waals surface area contributed by atoms with Crippen LogP contribution in [0.5, 0.6) is 11.5 Å². The van der Waals surface area contributed by atoms with Crippen LogP contribution < -0.4 is 4.74 Å². The topological polar surface area (TPSA) is 104 Å². The lowest BCUT2D eigenvalue weighted by Gasteiger charge is -2.18. The number of carbonyl (C=O) groups excluding carboxylic acids is 1. The van der Waals surface area contributed by atoms with Crippen molar-refractivity contribution in [3.63, 3.8) is 0 Å². The lowest BCUT2D eigenvalue weighted by molar-refractivity contribution is 0.0728. The van der Waals surface area contributed by atoms with E-state index < -0.39 is 16.1 Å². The van der Waals surface area contributed by atoms with Gasteiger partial charge in [-0.15, -0.1) is 0 Å². The van der Waals surface area contributed by atoms with Crippen LogP contribution in [0.3, 0.4) is 0 Å². The number of hydrogen-bond acceptors (Lipinski definition) is 6. The second-order valence-corrected chi connectivity index (χ2v) is 8.30. The first kappa shape index (κ1) is 19.7. The van der Waals surface area contributed by atoms with Crippen molar-refractivity contribution in [1.29, 1.82) is 0 Å². The minimum absolute atomic E-state index is 0.00270. The van der Waals surface area contributed by atoms with Crippen LogP contribution >= 0.6 is 22.6 Å². The summed E-state index contributed by atoms with van der Waals surface area (Å²) in [4.78, 5) is 12.1. The number of ether oxygens (including phenoxy) is 1. The van der Waals surface area contributed by atoms with E-state index in [-0.39, 0.29) is 33.4 Å². The van der Waals surface area contributed by atoms with Crippen LogP contribution in [0, 0.1) is 10.5 Å². The van der Waals surface area contributed by atoms with E-state index in [4.69, 9.17) is 4.74 Å². The van der Waals surface area contributed by atoms with Gasteiger partial charge < -0.3 is 14.4 Å². The molecule has 0 radical (unpaired) electrons. The van der Waals surface area contributed by atoms with E-state index >= 15 is 0 Å². The molecule has 2 aromatic rings. The van der Waals surface area contributed by atoms with Crippen LogP contribution in [0.2, 0.25) is 0 Å². The van der Waals surface area contributed by atoms with Crippen LogP contribution in [0.4, 0.5) is 0 Å². The standard InChI is InChI=1S/C17H17IO6S/c1-9(2)11-8-12(10(3)7-15(11)25(21,22)23)17(20)24-14-6-4-5-13(18)16(14)19/h4-9,19H,1-3H3,(H,21,22,23)/p-1. The third-order valence-electron chi connectivity index (χ3n) is 3.62. The molecule has 25 heavy (non-hydrogen) atoms. The van der Waals surface area contributed by atoms with E-state index in [1.54, 1.807) is 26.0 Å². The molecule has 2 rings (SSSR count).